The van der Waals surface area contributed by atoms with E-state index in [4.69, 9.17) is 9.15 Å². The number of nitrogens with zero attached hydrogens (tertiary/aromatic N) is 5. The van der Waals surface area contributed by atoms with Gasteiger partial charge in [0.15, 0.2) is 0 Å². The van der Waals surface area contributed by atoms with Crippen molar-refractivity contribution in [1.29, 1.82) is 0 Å². The third kappa shape index (κ3) is 2.77. The number of ether oxygens (including phenoxy) is 1. The van der Waals surface area contributed by atoms with Crippen molar-refractivity contribution >= 4 is 16.5 Å². The molecule has 1 saturated heterocycles. The molecule has 1 fully saturated rings. The van der Waals surface area contributed by atoms with Crippen LogP contribution < -0.4 is 4.90 Å². The van der Waals surface area contributed by atoms with Gasteiger partial charge in [0.1, 0.15) is 11.0 Å². The first-order chi connectivity index (χ1) is 10.1. The van der Waals surface area contributed by atoms with E-state index in [0.29, 0.717) is 17.7 Å². The van der Waals surface area contributed by atoms with Gasteiger partial charge in [0, 0.05) is 32.9 Å². The van der Waals surface area contributed by atoms with Crippen LogP contribution in [0, 0.1) is 6.92 Å². The number of rotatable bonds is 4. The van der Waals surface area contributed by atoms with Crippen molar-refractivity contribution in [1.82, 2.24) is 20.4 Å². The fourth-order valence-electron chi connectivity index (χ4n) is 2.44. The minimum Gasteiger partial charge on any atom is -0.423 e. The molecule has 2 aromatic rings. The van der Waals surface area contributed by atoms with E-state index < -0.39 is 0 Å². The quantitative estimate of drug-likeness (QED) is 0.857. The summed E-state index contributed by atoms with van der Waals surface area (Å²) in [5.41, 5.74) is 0. The molecule has 0 spiro atoms. The highest BCUT2D eigenvalue weighted by atomic mass is 32.1. The zero-order chi connectivity index (χ0) is 15.0. The molecule has 114 valence electrons. The molecule has 0 aromatic carbocycles. The molecular formula is C13H19N5O2S. The van der Waals surface area contributed by atoms with E-state index in [0.717, 1.165) is 23.1 Å². The molecule has 0 bridgehead atoms. The lowest BCUT2D eigenvalue weighted by Crippen LogP contribution is -2.24. The van der Waals surface area contributed by atoms with E-state index >= 15 is 0 Å². The molecule has 0 N–H and O–H groups in total. The average molecular weight is 309 g/mol. The van der Waals surface area contributed by atoms with Gasteiger partial charge in [-0.25, -0.2) is 0 Å². The van der Waals surface area contributed by atoms with Crippen LogP contribution in [0.5, 0.6) is 0 Å². The van der Waals surface area contributed by atoms with Gasteiger partial charge in [0.05, 0.1) is 6.10 Å². The van der Waals surface area contributed by atoms with Crippen molar-refractivity contribution in [3.63, 3.8) is 0 Å². The van der Waals surface area contributed by atoms with Gasteiger partial charge in [-0.3, -0.25) is 0 Å². The summed E-state index contributed by atoms with van der Waals surface area (Å²) in [4.78, 5) is 2.16. The van der Waals surface area contributed by atoms with Gasteiger partial charge in [-0.15, -0.1) is 20.4 Å². The standard InChI is InChI=1S/C13H19N5O2S/c1-7(2)12-16-17-13(21-12)18-6-9(19-4)5-10(18)11-15-14-8(3)20-11/h7,9-10H,5-6H2,1-4H3/t9-,10-/m1/s1. The summed E-state index contributed by atoms with van der Waals surface area (Å²) in [7, 11) is 1.73. The van der Waals surface area contributed by atoms with E-state index in [1.807, 2.05) is 0 Å². The summed E-state index contributed by atoms with van der Waals surface area (Å²) < 4.78 is 11.1. The van der Waals surface area contributed by atoms with E-state index in [2.05, 4.69) is 39.1 Å². The van der Waals surface area contributed by atoms with Gasteiger partial charge in [0.25, 0.3) is 0 Å². The number of hydrogen-bond donors (Lipinski definition) is 0. The Balaban J connectivity index is 1.89. The number of methoxy groups -OCH3 is 1. The molecule has 7 nitrogen and oxygen atoms in total. The van der Waals surface area contributed by atoms with Crippen LogP contribution in [0.3, 0.4) is 0 Å². The first kappa shape index (κ1) is 14.4. The van der Waals surface area contributed by atoms with Crippen molar-refractivity contribution < 1.29 is 9.15 Å². The molecule has 0 radical (unpaired) electrons. The van der Waals surface area contributed by atoms with E-state index in [1.165, 1.54) is 0 Å². The maximum Gasteiger partial charge on any atom is 0.239 e. The largest absolute Gasteiger partial charge is 0.423 e. The van der Waals surface area contributed by atoms with Gasteiger partial charge in [-0.2, -0.15) is 0 Å². The molecule has 8 heteroatoms. The Morgan fingerprint density at radius 3 is 2.67 bits per heavy atom. The Morgan fingerprint density at radius 1 is 1.29 bits per heavy atom. The SMILES string of the molecule is CO[C@@H]1C[C@H](c2nnc(C)o2)N(c2nnc(C(C)C)s2)C1. The van der Waals surface area contributed by atoms with Crippen LogP contribution in [0.1, 0.15) is 49.0 Å². The zero-order valence-corrected chi connectivity index (χ0v) is 13.4. The molecule has 21 heavy (non-hydrogen) atoms. The average Bonchev–Trinajstić information content (AvgIpc) is 3.16. The molecule has 0 unspecified atom stereocenters. The number of hydrogen-bond acceptors (Lipinski definition) is 8. The van der Waals surface area contributed by atoms with Crippen molar-refractivity contribution in [2.75, 3.05) is 18.6 Å². The molecule has 3 heterocycles. The highest BCUT2D eigenvalue weighted by molar-refractivity contribution is 7.15. The minimum atomic E-state index is 0.00381. The summed E-state index contributed by atoms with van der Waals surface area (Å²) in [6, 6.07) is 0.00381. The van der Waals surface area contributed by atoms with E-state index in [-0.39, 0.29) is 12.1 Å². The first-order valence-corrected chi connectivity index (χ1v) is 7.83. The predicted molar refractivity (Wildman–Crippen MR) is 78.5 cm³/mol. The molecule has 2 atom stereocenters. The number of aromatic nitrogens is 4. The Bertz CT molecular complexity index is 611. The van der Waals surface area contributed by atoms with Crippen LogP contribution in [0.2, 0.25) is 0 Å². The van der Waals surface area contributed by atoms with Crippen molar-refractivity contribution in [2.24, 2.45) is 0 Å². The zero-order valence-electron chi connectivity index (χ0n) is 12.6. The highest BCUT2D eigenvalue weighted by Crippen LogP contribution is 2.38. The van der Waals surface area contributed by atoms with Crippen molar-refractivity contribution in [3.05, 3.63) is 16.8 Å². The fraction of sp³-hybridized carbons (Fsp3) is 0.692. The topological polar surface area (TPSA) is 77.2 Å². The molecule has 2 aromatic heterocycles. The second kappa shape index (κ2) is 5.69. The summed E-state index contributed by atoms with van der Waals surface area (Å²) in [6.45, 7) is 6.79. The molecule has 0 aliphatic carbocycles. The van der Waals surface area contributed by atoms with Gasteiger partial charge >= 0.3 is 0 Å². The smallest absolute Gasteiger partial charge is 0.239 e. The Kier molecular flexibility index (Phi) is 3.90. The fourth-order valence-corrected chi connectivity index (χ4v) is 3.34. The maximum absolute atomic E-state index is 5.60. The molecule has 0 saturated carbocycles. The van der Waals surface area contributed by atoms with E-state index in [9.17, 15) is 0 Å². The third-order valence-electron chi connectivity index (χ3n) is 3.59. The van der Waals surface area contributed by atoms with Crippen LogP contribution in [0.25, 0.3) is 0 Å². The van der Waals surface area contributed by atoms with Crippen molar-refractivity contribution in [3.8, 4) is 0 Å². The van der Waals surface area contributed by atoms with Crippen LogP contribution >= 0.6 is 11.3 Å². The minimum absolute atomic E-state index is 0.00381. The Hall–Kier alpha value is -1.54. The summed E-state index contributed by atoms with van der Waals surface area (Å²) in [5, 5.41) is 18.6. The van der Waals surface area contributed by atoms with Gasteiger partial charge in [-0.05, 0) is 0 Å². The predicted octanol–water partition coefficient (Wildman–Crippen LogP) is 2.32. The lowest BCUT2D eigenvalue weighted by atomic mass is 10.2. The van der Waals surface area contributed by atoms with Gasteiger partial charge in [-0.1, -0.05) is 25.2 Å². The van der Waals surface area contributed by atoms with Gasteiger partial charge in [0.2, 0.25) is 16.9 Å². The van der Waals surface area contributed by atoms with Crippen LogP contribution in [0.4, 0.5) is 5.13 Å². The second-order valence-corrected chi connectivity index (χ2v) is 6.49. The maximum atomic E-state index is 5.60. The van der Waals surface area contributed by atoms with Crippen LogP contribution in [-0.4, -0.2) is 40.2 Å². The van der Waals surface area contributed by atoms with Gasteiger partial charge < -0.3 is 14.1 Å². The van der Waals surface area contributed by atoms with Crippen LogP contribution in [0.15, 0.2) is 4.42 Å². The number of aryl methyl sites for hydroxylation is 1. The summed E-state index contributed by atoms with van der Waals surface area (Å²) >= 11 is 1.61. The monoisotopic (exact) mass is 309 g/mol. The second-order valence-electron chi connectivity index (χ2n) is 5.50. The van der Waals surface area contributed by atoms with Crippen LogP contribution in [-0.2, 0) is 4.74 Å². The lowest BCUT2D eigenvalue weighted by Gasteiger charge is -2.19. The van der Waals surface area contributed by atoms with E-state index in [1.54, 1.807) is 25.4 Å². The Labute approximate surface area is 127 Å². The molecule has 1 aliphatic heterocycles. The summed E-state index contributed by atoms with van der Waals surface area (Å²) in [6.07, 6.45) is 0.947. The number of anilines is 1. The lowest BCUT2D eigenvalue weighted by molar-refractivity contribution is 0.117. The highest BCUT2D eigenvalue weighted by Gasteiger charge is 2.38. The molecule has 1 aliphatic rings. The molecule has 0 amide bonds. The normalized spacial score (nSPS) is 22.4. The first-order valence-electron chi connectivity index (χ1n) is 7.01. The summed E-state index contributed by atoms with van der Waals surface area (Å²) in [5.74, 6) is 1.57. The molecule has 3 rings (SSSR count). The Morgan fingerprint density at radius 2 is 2.10 bits per heavy atom. The third-order valence-corrected chi connectivity index (χ3v) is 4.85. The van der Waals surface area contributed by atoms with Crippen molar-refractivity contribution in [2.45, 2.75) is 45.3 Å². The molecular weight excluding hydrogens is 290 g/mol.